The van der Waals surface area contributed by atoms with Gasteiger partial charge in [0.1, 0.15) is 0 Å². The van der Waals surface area contributed by atoms with Crippen molar-refractivity contribution < 1.29 is 0 Å². The molecule has 47 heavy (non-hydrogen) atoms. The molecular weight excluding hydrogens is 591 g/mol. The van der Waals surface area contributed by atoms with E-state index in [1.807, 2.05) is 18.2 Å². The highest BCUT2D eigenvalue weighted by Crippen LogP contribution is 2.40. The fourth-order valence-corrected chi connectivity index (χ4v) is 8.26. The SMILES string of the molecule is c1ccc(-c2nc(-c3ccc4c(ccc5c4ccc4c6ccccc6ccc45)c3)nc(-c3cccc4c3sc3ccccc34)n2)cc1. The number of benzene rings is 8. The first-order chi connectivity index (χ1) is 23.3. The van der Waals surface area contributed by atoms with Gasteiger partial charge in [0.25, 0.3) is 0 Å². The quantitative estimate of drug-likeness (QED) is 0.186. The first-order valence-electron chi connectivity index (χ1n) is 15.8. The highest BCUT2D eigenvalue weighted by molar-refractivity contribution is 7.26. The molecule has 0 amide bonds. The summed E-state index contributed by atoms with van der Waals surface area (Å²) in [5.41, 5.74) is 2.95. The second-order valence-electron chi connectivity index (χ2n) is 12.0. The topological polar surface area (TPSA) is 38.7 Å². The number of nitrogens with zero attached hydrogens (tertiary/aromatic N) is 3. The average molecular weight is 616 g/mol. The second-order valence-corrected chi connectivity index (χ2v) is 13.0. The van der Waals surface area contributed by atoms with Gasteiger partial charge in [0.15, 0.2) is 17.5 Å². The third-order valence-corrected chi connectivity index (χ3v) is 10.5. The molecule has 0 aliphatic heterocycles. The van der Waals surface area contributed by atoms with Crippen molar-refractivity contribution in [3.63, 3.8) is 0 Å². The van der Waals surface area contributed by atoms with Crippen LogP contribution >= 0.6 is 11.3 Å². The van der Waals surface area contributed by atoms with Crippen molar-refractivity contribution in [2.24, 2.45) is 0 Å². The molecule has 218 valence electrons. The lowest BCUT2D eigenvalue weighted by molar-refractivity contribution is 1.08. The van der Waals surface area contributed by atoms with Gasteiger partial charge < -0.3 is 0 Å². The predicted octanol–water partition coefficient (Wildman–Crippen LogP) is 11.9. The molecule has 0 bridgehead atoms. The van der Waals surface area contributed by atoms with E-state index in [4.69, 9.17) is 15.0 Å². The summed E-state index contributed by atoms with van der Waals surface area (Å²) in [4.78, 5) is 15.2. The van der Waals surface area contributed by atoms with Gasteiger partial charge in [-0.15, -0.1) is 11.3 Å². The minimum absolute atomic E-state index is 0.666. The first kappa shape index (κ1) is 26.3. The fourth-order valence-electron chi connectivity index (χ4n) is 7.05. The van der Waals surface area contributed by atoms with Crippen LogP contribution < -0.4 is 0 Å². The van der Waals surface area contributed by atoms with E-state index in [2.05, 4.69) is 133 Å². The molecule has 0 radical (unpaired) electrons. The molecule has 0 spiro atoms. The second kappa shape index (κ2) is 10.3. The van der Waals surface area contributed by atoms with Crippen LogP contribution in [0.1, 0.15) is 0 Å². The van der Waals surface area contributed by atoms with Gasteiger partial charge >= 0.3 is 0 Å². The van der Waals surface area contributed by atoms with Gasteiger partial charge in [-0.1, -0.05) is 133 Å². The van der Waals surface area contributed by atoms with E-state index in [0.29, 0.717) is 17.5 Å². The van der Waals surface area contributed by atoms with Crippen LogP contribution in [0.3, 0.4) is 0 Å². The number of hydrogen-bond acceptors (Lipinski definition) is 4. The summed E-state index contributed by atoms with van der Waals surface area (Å²) in [6.07, 6.45) is 0. The molecule has 0 saturated heterocycles. The van der Waals surface area contributed by atoms with Crippen LogP contribution in [0, 0.1) is 0 Å². The van der Waals surface area contributed by atoms with Gasteiger partial charge in [0, 0.05) is 36.9 Å². The Labute approximate surface area is 274 Å². The van der Waals surface area contributed by atoms with Crippen LogP contribution in [-0.2, 0) is 0 Å². The third kappa shape index (κ3) is 4.16. The Hall–Kier alpha value is -5.97. The Morgan fingerprint density at radius 2 is 0.915 bits per heavy atom. The smallest absolute Gasteiger partial charge is 0.165 e. The van der Waals surface area contributed by atoms with Crippen LogP contribution in [0.4, 0.5) is 0 Å². The largest absolute Gasteiger partial charge is 0.208 e. The minimum Gasteiger partial charge on any atom is -0.208 e. The van der Waals surface area contributed by atoms with E-state index in [1.54, 1.807) is 11.3 Å². The van der Waals surface area contributed by atoms with Crippen LogP contribution in [0.25, 0.3) is 97.4 Å². The van der Waals surface area contributed by atoms with Crippen molar-refractivity contribution in [1.82, 2.24) is 15.0 Å². The monoisotopic (exact) mass is 615 g/mol. The summed E-state index contributed by atoms with van der Waals surface area (Å²) in [6.45, 7) is 0. The molecular formula is C43H25N3S. The summed E-state index contributed by atoms with van der Waals surface area (Å²) < 4.78 is 2.45. The summed E-state index contributed by atoms with van der Waals surface area (Å²) in [7, 11) is 0. The van der Waals surface area contributed by atoms with Crippen LogP contribution in [0.15, 0.2) is 152 Å². The van der Waals surface area contributed by atoms with E-state index in [9.17, 15) is 0 Å². The number of thiophene rings is 1. The first-order valence-corrected chi connectivity index (χ1v) is 16.6. The zero-order chi connectivity index (χ0) is 30.9. The molecule has 0 unspecified atom stereocenters. The average Bonchev–Trinajstić information content (AvgIpc) is 3.53. The standard InChI is InChI=1S/C43H25N3S/c1-2-10-27(11-3-1)41-44-42(46-43(45-41)38-15-8-14-37-36-13-6-7-16-39(36)47-40(37)38)29-19-20-31-28(25-29)18-22-35-33(31)24-23-32-30-12-5-4-9-26(30)17-21-34(32)35/h1-25H. The van der Waals surface area contributed by atoms with E-state index in [0.717, 1.165) is 22.1 Å². The number of hydrogen-bond donors (Lipinski definition) is 0. The Bertz CT molecular complexity index is 2850. The molecule has 0 aliphatic carbocycles. The van der Waals surface area contributed by atoms with Gasteiger partial charge in [-0.2, -0.15) is 0 Å². The Balaban J connectivity index is 1.17. The molecule has 4 heteroatoms. The molecule has 10 rings (SSSR count). The zero-order valence-corrected chi connectivity index (χ0v) is 26.0. The maximum atomic E-state index is 5.14. The lowest BCUT2D eigenvalue weighted by atomic mass is 9.94. The van der Waals surface area contributed by atoms with Crippen molar-refractivity contribution in [2.45, 2.75) is 0 Å². The van der Waals surface area contributed by atoms with Crippen LogP contribution in [-0.4, -0.2) is 15.0 Å². The molecule has 3 nitrogen and oxygen atoms in total. The van der Waals surface area contributed by atoms with Crippen LogP contribution in [0.5, 0.6) is 0 Å². The van der Waals surface area contributed by atoms with Crippen molar-refractivity contribution in [3.05, 3.63) is 152 Å². The van der Waals surface area contributed by atoms with Gasteiger partial charge in [-0.05, 0) is 61.3 Å². The van der Waals surface area contributed by atoms with Crippen LogP contribution in [0.2, 0.25) is 0 Å². The normalized spacial score (nSPS) is 11.8. The number of aromatic nitrogens is 3. The zero-order valence-electron chi connectivity index (χ0n) is 25.2. The molecule has 0 N–H and O–H groups in total. The van der Waals surface area contributed by atoms with Crippen molar-refractivity contribution >= 4 is 74.6 Å². The van der Waals surface area contributed by atoms with Gasteiger partial charge in [-0.3, -0.25) is 0 Å². The van der Waals surface area contributed by atoms with Crippen molar-refractivity contribution in [1.29, 1.82) is 0 Å². The Morgan fingerprint density at radius 1 is 0.340 bits per heavy atom. The molecule has 0 saturated carbocycles. The van der Waals surface area contributed by atoms with E-state index in [-0.39, 0.29) is 0 Å². The van der Waals surface area contributed by atoms with Gasteiger partial charge in [-0.25, -0.2) is 15.0 Å². The molecule has 2 aromatic heterocycles. The minimum atomic E-state index is 0.666. The lowest BCUT2D eigenvalue weighted by Gasteiger charge is -2.12. The maximum Gasteiger partial charge on any atom is 0.165 e. The maximum absolute atomic E-state index is 5.14. The summed E-state index contributed by atoms with van der Waals surface area (Å²) >= 11 is 1.79. The predicted molar refractivity (Wildman–Crippen MR) is 199 cm³/mol. The number of fused-ring (bicyclic) bond motifs is 10. The summed E-state index contributed by atoms with van der Waals surface area (Å²) in [5.74, 6) is 2.02. The van der Waals surface area contributed by atoms with Gasteiger partial charge in [0.2, 0.25) is 0 Å². The third-order valence-electron chi connectivity index (χ3n) is 9.31. The highest BCUT2D eigenvalue weighted by atomic mass is 32.1. The Kier molecular flexibility index (Phi) is 5.74. The van der Waals surface area contributed by atoms with E-state index >= 15 is 0 Å². The Morgan fingerprint density at radius 3 is 1.74 bits per heavy atom. The van der Waals surface area contributed by atoms with Crippen molar-refractivity contribution in [3.8, 4) is 34.2 Å². The molecule has 2 heterocycles. The summed E-state index contributed by atoms with van der Waals surface area (Å²) in [6, 6.07) is 53.9. The van der Waals surface area contributed by atoms with Gasteiger partial charge in [0.05, 0.1) is 0 Å². The number of rotatable bonds is 3. The molecule has 0 fully saturated rings. The van der Waals surface area contributed by atoms with E-state index < -0.39 is 0 Å². The molecule has 0 aliphatic rings. The highest BCUT2D eigenvalue weighted by Gasteiger charge is 2.17. The lowest BCUT2D eigenvalue weighted by Crippen LogP contribution is -2.00. The molecule has 0 atom stereocenters. The molecule has 10 aromatic rings. The molecule has 8 aromatic carbocycles. The fraction of sp³-hybridized carbons (Fsp3) is 0. The van der Waals surface area contributed by atoms with Crippen molar-refractivity contribution in [2.75, 3.05) is 0 Å². The van der Waals surface area contributed by atoms with E-state index in [1.165, 1.54) is 57.9 Å². The summed E-state index contributed by atoms with van der Waals surface area (Å²) in [5, 5.41) is 12.5.